The highest BCUT2D eigenvalue weighted by Gasteiger charge is 2.12. The smallest absolute Gasteiger partial charge is 0.150 e. The minimum absolute atomic E-state index is 0.671. The number of nitrogens with zero attached hydrogens (tertiary/aromatic N) is 2. The molecule has 0 unspecified atom stereocenters. The number of rotatable bonds is 2. The first-order chi connectivity index (χ1) is 8.79. The van der Waals surface area contributed by atoms with Crippen LogP contribution in [0.2, 0.25) is 0 Å². The summed E-state index contributed by atoms with van der Waals surface area (Å²) in [5.74, 6) is 0. The Morgan fingerprint density at radius 3 is 2.39 bits per heavy atom. The van der Waals surface area contributed by atoms with E-state index in [1.165, 1.54) is 0 Å². The lowest BCUT2D eigenvalue weighted by atomic mass is 10.1. The fraction of sp³-hybridized carbons (Fsp3) is 0. The number of benzene rings is 1. The Bertz CT molecular complexity index is 721. The molecular weight excluding hydrogens is 312 g/mol. The van der Waals surface area contributed by atoms with Crippen LogP contribution in [0.4, 0.5) is 0 Å². The Labute approximate surface area is 116 Å². The topological polar surface area (TPSA) is 42.9 Å². The molecule has 5 heteroatoms. The van der Waals surface area contributed by atoms with Gasteiger partial charge in [0.2, 0.25) is 0 Å². The van der Waals surface area contributed by atoms with Gasteiger partial charge in [-0.3, -0.25) is 14.8 Å². The zero-order valence-electron chi connectivity index (χ0n) is 9.13. The van der Waals surface area contributed by atoms with Gasteiger partial charge >= 0.3 is 0 Å². The number of aldehydes is 1. The summed E-state index contributed by atoms with van der Waals surface area (Å²) in [6.07, 6.45) is 4.20. The fourth-order valence-electron chi connectivity index (χ4n) is 1.74. The van der Waals surface area contributed by atoms with Crippen molar-refractivity contribution in [1.29, 1.82) is 0 Å². The maximum absolute atomic E-state index is 10.6. The summed E-state index contributed by atoms with van der Waals surface area (Å²) in [4.78, 5) is 20.4. The molecule has 0 saturated carbocycles. The first-order valence-corrected chi connectivity index (χ1v) is 6.85. The molecular formula is C13H7BrN2OS. The van der Waals surface area contributed by atoms with Crippen LogP contribution >= 0.6 is 27.3 Å². The van der Waals surface area contributed by atoms with Crippen LogP contribution in [0.5, 0.6) is 0 Å². The summed E-state index contributed by atoms with van der Waals surface area (Å²) in [5, 5.41) is 0. The van der Waals surface area contributed by atoms with Gasteiger partial charge in [0.1, 0.15) is 17.3 Å². The summed E-state index contributed by atoms with van der Waals surface area (Å²) < 4.78 is 0.972. The van der Waals surface area contributed by atoms with E-state index in [4.69, 9.17) is 0 Å². The Balaban J connectivity index is 2.21. The van der Waals surface area contributed by atoms with Crippen LogP contribution in [0.3, 0.4) is 0 Å². The van der Waals surface area contributed by atoms with Crippen molar-refractivity contribution in [3.05, 3.63) is 46.0 Å². The number of halogens is 1. The molecule has 0 atom stereocenters. The van der Waals surface area contributed by atoms with E-state index in [-0.39, 0.29) is 0 Å². The van der Waals surface area contributed by atoms with E-state index in [9.17, 15) is 4.79 Å². The Hall–Kier alpha value is -1.59. The number of aromatic nitrogens is 2. The minimum atomic E-state index is 0.671. The zero-order valence-corrected chi connectivity index (χ0v) is 11.5. The third-order valence-electron chi connectivity index (χ3n) is 2.60. The number of carbonyl (C=O) groups excluding carboxylic acids is 1. The molecule has 0 bridgehead atoms. The molecule has 88 valence electrons. The number of hydrogen-bond acceptors (Lipinski definition) is 4. The predicted molar refractivity (Wildman–Crippen MR) is 75.9 cm³/mol. The van der Waals surface area contributed by atoms with Crippen molar-refractivity contribution in [3.8, 4) is 10.4 Å². The summed E-state index contributed by atoms with van der Waals surface area (Å²) in [6.45, 7) is 0. The zero-order chi connectivity index (χ0) is 12.5. The summed E-state index contributed by atoms with van der Waals surface area (Å²) in [6, 6.07) is 7.46. The van der Waals surface area contributed by atoms with E-state index in [0.717, 1.165) is 31.5 Å². The van der Waals surface area contributed by atoms with Crippen LogP contribution in [-0.2, 0) is 0 Å². The highest BCUT2D eigenvalue weighted by molar-refractivity contribution is 9.11. The molecule has 0 spiro atoms. The molecule has 0 saturated heterocycles. The average Bonchev–Trinajstić information content (AvgIpc) is 2.77. The second kappa shape index (κ2) is 4.59. The van der Waals surface area contributed by atoms with Gasteiger partial charge in [-0.25, -0.2) is 0 Å². The third kappa shape index (κ3) is 1.85. The van der Waals surface area contributed by atoms with Gasteiger partial charge in [-0.05, 0) is 21.5 Å². The standard InChI is InChI=1S/C13H7BrN2OS/c14-13-11-10(15-5-6-16-11)12(18-13)9-3-1-8(7-17)2-4-9/h1-7H. The third-order valence-corrected chi connectivity index (χ3v) is 4.47. The molecule has 1 aromatic carbocycles. The molecule has 2 heterocycles. The van der Waals surface area contributed by atoms with Crippen molar-refractivity contribution in [2.45, 2.75) is 0 Å². The van der Waals surface area contributed by atoms with E-state index < -0.39 is 0 Å². The molecule has 3 rings (SSSR count). The molecule has 0 aliphatic rings. The van der Waals surface area contributed by atoms with Gasteiger partial charge in [-0.2, -0.15) is 0 Å². The molecule has 0 amide bonds. The first-order valence-electron chi connectivity index (χ1n) is 5.24. The molecule has 3 aromatic rings. The van der Waals surface area contributed by atoms with Crippen LogP contribution in [0, 0.1) is 0 Å². The maximum atomic E-state index is 10.6. The molecule has 0 N–H and O–H groups in total. The molecule has 0 radical (unpaired) electrons. The summed E-state index contributed by atoms with van der Waals surface area (Å²) in [5.41, 5.74) is 3.47. The SMILES string of the molecule is O=Cc1ccc(-c2sc(Br)c3nccnc23)cc1. The van der Waals surface area contributed by atoms with E-state index in [1.807, 2.05) is 12.1 Å². The van der Waals surface area contributed by atoms with Gasteiger partial charge in [-0.1, -0.05) is 24.3 Å². The second-order valence-corrected chi connectivity index (χ2v) is 6.04. The summed E-state index contributed by atoms with van der Waals surface area (Å²) >= 11 is 5.10. The van der Waals surface area contributed by atoms with Crippen molar-refractivity contribution < 1.29 is 4.79 Å². The normalized spacial score (nSPS) is 10.7. The van der Waals surface area contributed by atoms with Gasteiger partial charge < -0.3 is 0 Å². The fourth-order valence-corrected chi connectivity index (χ4v) is 3.44. The molecule has 2 aromatic heterocycles. The number of carbonyl (C=O) groups is 1. The number of hydrogen-bond donors (Lipinski definition) is 0. The predicted octanol–water partition coefficient (Wildman–Crippen LogP) is 3.93. The van der Waals surface area contributed by atoms with E-state index in [2.05, 4.69) is 25.9 Å². The largest absolute Gasteiger partial charge is 0.298 e. The van der Waals surface area contributed by atoms with Crippen molar-refractivity contribution in [2.75, 3.05) is 0 Å². The monoisotopic (exact) mass is 318 g/mol. The molecule has 18 heavy (non-hydrogen) atoms. The van der Waals surface area contributed by atoms with E-state index >= 15 is 0 Å². The van der Waals surface area contributed by atoms with Crippen LogP contribution < -0.4 is 0 Å². The van der Waals surface area contributed by atoms with Gasteiger partial charge in [0, 0.05) is 18.0 Å². The summed E-state index contributed by atoms with van der Waals surface area (Å²) in [7, 11) is 0. The lowest BCUT2D eigenvalue weighted by Crippen LogP contribution is -1.82. The van der Waals surface area contributed by atoms with Gasteiger partial charge in [0.25, 0.3) is 0 Å². The van der Waals surface area contributed by atoms with Crippen LogP contribution in [-0.4, -0.2) is 16.3 Å². The molecule has 0 aliphatic carbocycles. The Morgan fingerprint density at radius 2 is 1.72 bits per heavy atom. The van der Waals surface area contributed by atoms with Gasteiger partial charge in [-0.15, -0.1) is 11.3 Å². The van der Waals surface area contributed by atoms with Crippen molar-refractivity contribution in [3.63, 3.8) is 0 Å². The minimum Gasteiger partial charge on any atom is -0.298 e. The number of thiophene rings is 1. The molecule has 3 nitrogen and oxygen atoms in total. The van der Waals surface area contributed by atoms with Crippen molar-refractivity contribution >= 4 is 44.6 Å². The van der Waals surface area contributed by atoms with Gasteiger partial charge in [0.05, 0.1) is 8.66 Å². The highest BCUT2D eigenvalue weighted by Crippen LogP contribution is 2.39. The lowest BCUT2D eigenvalue weighted by molar-refractivity contribution is 0.112. The first kappa shape index (κ1) is 11.5. The van der Waals surface area contributed by atoms with E-state index in [1.54, 1.807) is 35.9 Å². The van der Waals surface area contributed by atoms with E-state index in [0.29, 0.717) is 5.56 Å². The highest BCUT2D eigenvalue weighted by atomic mass is 79.9. The molecule has 0 fully saturated rings. The Morgan fingerprint density at radius 1 is 1.06 bits per heavy atom. The number of fused-ring (bicyclic) bond motifs is 1. The second-order valence-electron chi connectivity index (χ2n) is 3.70. The van der Waals surface area contributed by atoms with Crippen LogP contribution in [0.15, 0.2) is 40.4 Å². The van der Waals surface area contributed by atoms with Crippen molar-refractivity contribution in [1.82, 2.24) is 9.97 Å². The Kier molecular flexibility index (Phi) is 2.93. The average molecular weight is 319 g/mol. The maximum Gasteiger partial charge on any atom is 0.150 e. The van der Waals surface area contributed by atoms with Crippen LogP contribution in [0.1, 0.15) is 10.4 Å². The lowest BCUT2D eigenvalue weighted by Gasteiger charge is -1.98. The van der Waals surface area contributed by atoms with Crippen LogP contribution in [0.25, 0.3) is 21.5 Å². The van der Waals surface area contributed by atoms with Gasteiger partial charge in [0.15, 0.2) is 0 Å². The quantitative estimate of drug-likeness (QED) is 0.672. The van der Waals surface area contributed by atoms with Crippen molar-refractivity contribution in [2.24, 2.45) is 0 Å². The molecule has 0 aliphatic heterocycles.